The Hall–Kier alpha value is -3.26. The number of carbonyl (C=O) groups is 1. The monoisotopic (exact) mass is 424 g/mol. The number of hydrogen-bond acceptors (Lipinski definition) is 7. The first-order valence-corrected chi connectivity index (χ1v) is 10.5. The Morgan fingerprint density at radius 1 is 1.00 bits per heavy atom. The van der Waals surface area contributed by atoms with E-state index in [9.17, 15) is 4.79 Å². The molecule has 30 heavy (non-hydrogen) atoms. The summed E-state index contributed by atoms with van der Waals surface area (Å²) in [6, 6.07) is 11.3. The standard InChI is InChI=1S/C22H20N2O5S/c1-12(2)22-24-19(20(30-22)14-4-6-16-18(8-14)29-11-27-16)21(25)23-9-13-3-5-15-17(7-13)28-10-26-15/h3-8,12H,9-11H2,1-2H3,(H,23,25). The van der Waals surface area contributed by atoms with E-state index in [1.54, 1.807) is 0 Å². The Morgan fingerprint density at radius 2 is 1.67 bits per heavy atom. The second kappa shape index (κ2) is 7.53. The van der Waals surface area contributed by atoms with Gasteiger partial charge in [-0.15, -0.1) is 11.3 Å². The smallest absolute Gasteiger partial charge is 0.271 e. The molecule has 3 heterocycles. The zero-order valence-electron chi connectivity index (χ0n) is 16.6. The maximum atomic E-state index is 13.0. The van der Waals surface area contributed by atoms with Crippen molar-refractivity contribution in [1.29, 1.82) is 0 Å². The van der Waals surface area contributed by atoms with Gasteiger partial charge in [0.2, 0.25) is 13.6 Å². The predicted molar refractivity (Wildman–Crippen MR) is 111 cm³/mol. The highest BCUT2D eigenvalue weighted by molar-refractivity contribution is 7.15. The molecule has 1 amide bonds. The number of rotatable bonds is 5. The summed E-state index contributed by atoms with van der Waals surface area (Å²) < 4.78 is 21.6. The minimum Gasteiger partial charge on any atom is -0.454 e. The van der Waals surface area contributed by atoms with Crippen molar-refractivity contribution in [3.05, 3.63) is 52.7 Å². The summed E-state index contributed by atoms with van der Waals surface area (Å²) in [4.78, 5) is 18.5. The third kappa shape index (κ3) is 3.43. The van der Waals surface area contributed by atoms with Crippen molar-refractivity contribution in [3.8, 4) is 33.4 Å². The molecular formula is C22H20N2O5S. The molecule has 7 nitrogen and oxygen atoms in total. The van der Waals surface area contributed by atoms with E-state index >= 15 is 0 Å². The molecule has 0 saturated carbocycles. The van der Waals surface area contributed by atoms with Gasteiger partial charge < -0.3 is 24.3 Å². The normalized spacial score (nSPS) is 13.7. The van der Waals surface area contributed by atoms with Crippen LogP contribution in [0.5, 0.6) is 23.0 Å². The van der Waals surface area contributed by atoms with Gasteiger partial charge in [-0.05, 0) is 41.5 Å². The quantitative estimate of drug-likeness (QED) is 0.657. The number of ether oxygens (including phenoxy) is 4. The zero-order chi connectivity index (χ0) is 20.7. The summed E-state index contributed by atoms with van der Waals surface area (Å²) in [5.74, 6) is 2.80. The molecule has 0 aliphatic carbocycles. The summed E-state index contributed by atoms with van der Waals surface area (Å²) >= 11 is 1.53. The first-order chi connectivity index (χ1) is 14.6. The van der Waals surface area contributed by atoms with Crippen LogP contribution in [0.3, 0.4) is 0 Å². The Bertz CT molecular complexity index is 1120. The van der Waals surface area contributed by atoms with E-state index in [1.807, 2.05) is 36.4 Å². The number of carbonyl (C=O) groups excluding carboxylic acids is 1. The van der Waals surface area contributed by atoms with E-state index in [-0.39, 0.29) is 25.4 Å². The van der Waals surface area contributed by atoms with Crippen molar-refractivity contribution in [3.63, 3.8) is 0 Å². The molecule has 0 unspecified atom stereocenters. The average molecular weight is 424 g/mol. The molecule has 5 rings (SSSR count). The molecule has 3 aromatic rings. The molecule has 0 radical (unpaired) electrons. The highest BCUT2D eigenvalue weighted by Gasteiger charge is 2.23. The first kappa shape index (κ1) is 18.7. The van der Waals surface area contributed by atoms with Crippen molar-refractivity contribution in [2.75, 3.05) is 13.6 Å². The number of fused-ring (bicyclic) bond motifs is 2. The predicted octanol–water partition coefficient (Wildman–Crippen LogP) is 4.32. The van der Waals surface area contributed by atoms with Crippen LogP contribution in [-0.2, 0) is 6.54 Å². The molecule has 2 aromatic carbocycles. The van der Waals surface area contributed by atoms with Crippen molar-refractivity contribution in [2.24, 2.45) is 0 Å². The molecule has 0 saturated heterocycles. The van der Waals surface area contributed by atoms with Gasteiger partial charge in [0.25, 0.3) is 5.91 Å². The van der Waals surface area contributed by atoms with Crippen LogP contribution in [0, 0.1) is 0 Å². The number of amides is 1. The number of benzene rings is 2. The molecule has 8 heteroatoms. The molecular weight excluding hydrogens is 404 g/mol. The second-order valence-electron chi connectivity index (χ2n) is 7.32. The average Bonchev–Trinajstić information content (AvgIpc) is 3.49. The lowest BCUT2D eigenvalue weighted by atomic mass is 10.1. The molecule has 0 bridgehead atoms. The minimum atomic E-state index is -0.219. The lowest BCUT2D eigenvalue weighted by Crippen LogP contribution is -2.23. The fraction of sp³-hybridized carbons (Fsp3) is 0.273. The molecule has 1 N–H and O–H groups in total. The van der Waals surface area contributed by atoms with Gasteiger partial charge in [0.15, 0.2) is 23.0 Å². The van der Waals surface area contributed by atoms with Crippen molar-refractivity contribution >= 4 is 17.2 Å². The molecule has 0 fully saturated rings. The Kier molecular flexibility index (Phi) is 4.71. The Balaban J connectivity index is 1.41. The van der Waals surface area contributed by atoms with Crippen LogP contribution >= 0.6 is 11.3 Å². The molecule has 0 atom stereocenters. The molecule has 1 aromatic heterocycles. The van der Waals surface area contributed by atoms with Crippen LogP contribution in [0.4, 0.5) is 0 Å². The van der Waals surface area contributed by atoms with Gasteiger partial charge in [-0.25, -0.2) is 4.98 Å². The summed E-state index contributed by atoms with van der Waals surface area (Å²) in [5.41, 5.74) is 2.23. The lowest BCUT2D eigenvalue weighted by molar-refractivity contribution is 0.0947. The second-order valence-corrected chi connectivity index (χ2v) is 8.35. The van der Waals surface area contributed by atoms with E-state index in [1.165, 1.54) is 11.3 Å². The van der Waals surface area contributed by atoms with Crippen LogP contribution < -0.4 is 24.3 Å². The molecule has 0 spiro atoms. The van der Waals surface area contributed by atoms with Gasteiger partial charge in [0.1, 0.15) is 5.69 Å². The largest absolute Gasteiger partial charge is 0.454 e. The van der Waals surface area contributed by atoms with Crippen molar-refractivity contribution in [1.82, 2.24) is 10.3 Å². The highest BCUT2D eigenvalue weighted by atomic mass is 32.1. The fourth-order valence-corrected chi connectivity index (χ4v) is 4.35. The SMILES string of the molecule is CC(C)c1nc(C(=O)NCc2ccc3c(c2)OCO3)c(-c2ccc3c(c2)OCO3)s1. The van der Waals surface area contributed by atoms with Crippen molar-refractivity contribution in [2.45, 2.75) is 26.3 Å². The van der Waals surface area contributed by atoms with Crippen LogP contribution in [-0.4, -0.2) is 24.5 Å². The topological polar surface area (TPSA) is 78.9 Å². The third-order valence-corrected chi connectivity index (χ3v) is 6.28. The number of aromatic nitrogens is 1. The van der Waals surface area contributed by atoms with Crippen LogP contribution in [0.15, 0.2) is 36.4 Å². The van der Waals surface area contributed by atoms with Crippen LogP contribution in [0.2, 0.25) is 0 Å². The maximum Gasteiger partial charge on any atom is 0.271 e. The fourth-order valence-electron chi connectivity index (χ4n) is 3.29. The van der Waals surface area contributed by atoms with Gasteiger partial charge >= 0.3 is 0 Å². The lowest BCUT2D eigenvalue weighted by Gasteiger charge is -2.07. The summed E-state index contributed by atoms with van der Waals surface area (Å²) in [6.07, 6.45) is 0. The van der Waals surface area contributed by atoms with E-state index in [2.05, 4.69) is 24.1 Å². The van der Waals surface area contributed by atoms with Gasteiger partial charge in [0.05, 0.1) is 9.88 Å². The van der Waals surface area contributed by atoms with Gasteiger partial charge in [0, 0.05) is 12.5 Å². The van der Waals surface area contributed by atoms with E-state index in [0.29, 0.717) is 29.5 Å². The van der Waals surface area contributed by atoms with Crippen molar-refractivity contribution < 1.29 is 23.7 Å². The Morgan fingerprint density at radius 3 is 2.40 bits per heavy atom. The van der Waals surface area contributed by atoms with Gasteiger partial charge in [-0.3, -0.25) is 4.79 Å². The van der Waals surface area contributed by atoms with E-state index in [4.69, 9.17) is 18.9 Å². The minimum absolute atomic E-state index is 0.210. The summed E-state index contributed by atoms with van der Waals surface area (Å²) in [5, 5.41) is 3.89. The molecule has 154 valence electrons. The van der Waals surface area contributed by atoms with Gasteiger partial charge in [-0.1, -0.05) is 19.9 Å². The zero-order valence-corrected chi connectivity index (χ0v) is 17.4. The first-order valence-electron chi connectivity index (χ1n) is 9.66. The van der Waals surface area contributed by atoms with Crippen LogP contribution in [0.1, 0.15) is 40.8 Å². The highest BCUT2D eigenvalue weighted by Crippen LogP contribution is 2.40. The number of nitrogens with one attached hydrogen (secondary N) is 1. The maximum absolute atomic E-state index is 13.0. The van der Waals surface area contributed by atoms with Gasteiger partial charge in [-0.2, -0.15) is 0 Å². The number of nitrogens with zero attached hydrogens (tertiary/aromatic N) is 1. The van der Waals surface area contributed by atoms with Crippen LogP contribution in [0.25, 0.3) is 10.4 Å². The molecule has 2 aliphatic heterocycles. The summed E-state index contributed by atoms with van der Waals surface area (Å²) in [7, 11) is 0. The summed E-state index contributed by atoms with van der Waals surface area (Å²) in [6.45, 7) is 4.93. The van der Waals surface area contributed by atoms with E-state index in [0.717, 1.165) is 26.8 Å². The Labute approximate surface area is 177 Å². The number of thiazole rings is 1. The number of hydrogen-bond donors (Lipinski definition) is 1. The molecule has 2 aliphatic rings. The van der Waals surface area contributed by atoms with E-state index < -0.39 is 0 Å². The third-order valence-electron chi connectivity index (χ3n) is 4.88.